The predicted molar refractivity (Wildman–Crippen MR) is 299 cm³/mol. The molecule has 0 radical (unpaired) electrons. The van der Waals surface area contributed by atoms with E-state index >= 15 is 0 Å². The van der Waals surface area contributed by atoms with Crippen LogP contribution in [-0.2, 0) is 0 Å². The van der Waals surface area contributed by atoms with Crippen LogP contribution in [-0.4, -0.2) is 21.8 Å². The van der Waals surface area contributed by atoms with Gasteiger partial charge in [0.25, 0.3) is 0 Å². The van der Waals surface area contributed by atoms with Gasteiger partial charge in [-0.3, -0.25) is 0 Å². The van der Waals surface area contributed by atoms with E-state index in [1.807, 2.05) is 0 Å². The molecule has 328 valence electrons. The lowest BCUT2D eigenvalue weighted by atomic mass is 10.1. The monoisotopic (exact) mass is 907 g/mol. The Bertz CT molecular complexity index is 4110. The summed E-state index contributed by atoms with van der Waals surface area (Å²) in [6.45, 7) is 0. The maximum absolute atomic E-state index is 2.80. The van der Waals surface area contributed by atoms with Gasteiger partial charge in [0.05, 0.1) is 38.8 Å². The molecular weight excluding hydrogens is 863 g/mol. The van der Waals surface area contributed by atoms with Gasteiger partial charge < -0.3 is 13.7 Å². The van der Waals surface area contributed by atoms with E-state index in [1.54, 1.807) is 0 Å². The largest absolute Gasteiger partial charge is 0.309 e. The summed E-state index contributed by atoms with van der Waals surface area (Å²) in [4.78, 5) is 0. The van der Waals surface area contributed by atoms with Crippen LogP contribution in [0.1, 0.15) is 0 Å². The van der Waals surface area contributed by atoms with Crippen molar-refractivity contribution in [1.82, 2.24) is 13.7 Å². The minimum absolute atomic E-state index is 1.11. The first kappa shape index (κ1) is 40.1. The molecule has 3 aromatic heterocycles. The molecule has 0 aliphatic carbocycles. The van der Waals surface area contributed by atoms with Gasteiger partial charge in [-0.1, -0.05) is 218 Å². The standard InChI is InChI=1S/C66H45N3Si/c1-5-20-46(21-6-1)47-36-38-48(39-37-47)68-65-44-49(67-60-32-16-13-28-54(60)55-29-14-17-33-61(55)67)40-42-57(65)58-31-19-35-64(66(58)68)69-62-34-18-15-30-56(62)59-45-53(41-43-63(59)69)70(50-22-7-2-8-23-50,51-24-9-3-10-25-51)52-26-11-4-12-27-52/h1-45H. The first-order valence-electron chi connectivity index (χ1n) is 24.2. The summed E-state index contributed by atoms with van der Waals surface area (Å²) in [6.07, 6.45) is 0. The van der Waals surface area contributed by atoms with Crippen LogP contribution in [0.15, 0.2) is 273 Å². The minimum atomic E-state index is -2.80. The maximum Gasteiger partial charge on any atom is 0.179 e. The third kappa shape index (κ3) is 6.00. The second-order valence-corrected chi connectivity index (χ2v) is 22.2. The second kappa shape index (κ2) is 16.1. The number of benzene rings is 11. The number of fused-ring (bicyclic) bond motifs is 9. The average molecular weight is 908 g/mol. The molecule has 0 amide bonds. The van der Waals surface area contributed by atoms with Gasteiger partial charge in [-0.25, -0.2) is 0 Å². The fraction of sp³-hybridized carbons (Fsp3) is 0. The highest BCUT2D eigenvalue weighted by atomic mass is 28.3. The molecule has 0 N–H and O–H groups in total. The zero-order chi connectivity index (χ0) is 46.2. The predicted octanol–water partition coefficient (Wildman–Crippen LogP) is 14.0. The highest BCUT2D eigenvalue weighted by Gasteiger charge is 2.41. The zero-order valence-corrected chi connectivity index (χ0v) is 39.3. The third-order valence-corrected chi connectivity index (χ3v) is 19.6. The molecule has 14 aromatic rings. The second-order valence-electron chi connectivity index (χ2n) is 18.4. The Morgan fingerprint density at radius 2 is 0.671 bits per heavy atom. The van der Waals surface area contributed by atoms with Crippen molar-refractivity contribution in [3.63, 3.8) is 0 Å². The van der Waals surface area contributed by atoms with E-state index < -0.39 is 8.07 Å². The van der Waals surface area contributed by atoms with Gasteiger partial charge in [-0.2, -0.15) is 0 Å². The van der Waals surface area contributed by atoms with E-state index in [0.29, 0.717) is 0 Å². The Balaban J connectivity index is 1.06. The van der Waals surface area contributed by atoms with E-state index in [9.17, 15) is 0 Å². The highest BCUT2D eigenvalue weighted by Crippen LogP contribution is 2.41. The van der Waals surface area contributed by atoms with Gasteiger partial charge in [0, 0.05) is 43.7 Å². The Morgan fingerprint density at radius 1 is 0.229 bits per heavy atom. The van der Waals surface area contributed by atoms with Crippen molar-refractivity contribution in [2.24, 2.45) is 0 Å². The van der Waals surface area contributed by atoms with Crippen LogP contribution >= 0.6 is 0 Å². The molecule has 0 saturated heterocycles. The van der Waals surface area contributed by atoms with E-state index in [1.165, 1.54) is 86.3 Å². The number of para-hydroxylation sites is 4. The van der Waals surface area contributed by atoms with Crippen molar-refractivity contribution in [3.8, 4) is 28.2 Å². The summed E-state index contributed by atoms with van der Waals surface area (Å²) in [7, 11) is -2.80. The van der Waals surface area contributed by atoms with Crippen molar-refractivity contribution in [3.05, 3.63) is 273 Å². The van der Waals surface area contributed by atoms with Gasteiger partial charge in [0.1, 0.15) is 0 Å². The molecule has 0 spiro atoms. The molecule has 4 heteroatoms. The topological polar surface area (TPSA) is 14.8 Å². The number of hydrogen-bond acceptors (Lipinski definition) is 0. The zero-order valence-electron chi connectivity index (χ0n) is 38.3. The molecular formula is C66H45N3Si. The van der Waals surface area contributed by atoms with Crippen LogP contribution in [0.2, 0.25) is 0 Å². The van der Waals surface area contributed by atoms with Crippen molar-refractivity contribution in [2.75, 3.05) is 0 Å². The third-order valence-electron chi connectivity index (χ3n) is 14.8. The molecule has 0 aliphatic heterocycles. The Morgan fingerprint density at radius 3 is 1.26 bits per heavy atom. The first-order chi connectivity index (χ1) is 34.8. The van der Waals surface area contributed by atoms with Crippen molar-refractivity contribution in [2.45, 2.75) is 0 Å². The summed E-state index contributed by atoms with van der Waals surface area (Å²) >= 11 is 0. The quantitative estimate of drug-likeness (QED) is 0.107. The van der Waals surface area contributed by atoms with Gasteiger partial charge in [-0.05, 0) is 86.5 Å². The maximum atomic E-state index is 2.53. The van der Waals surface area contributed by atoms with Crippen molar-refractivity contribution in [1.29, 1.82) is 0 Å². The summed E-state index contributed by atoms with van der Waals surface area (Å²) in [5.41, 5.74) is 12.8. The number of aromatic nitrogens is 3. The molecule has 0 unspecified atom stereocenters. The summed E-state index contributed by atoms with van der Waals surface area (Å²) < 4.78 is 7.47. The highest BCUT2D eigenvalue weighted by molar-refractivity contribution is 7.20. The van der Waals surface area contributed by atoms with Crippen LogP contribution in [0.5, 0.6) is 0 Å². The lowest BCUT2D eigenvalue weighted by molar-refractivity contribution is 1.12. The SMILES string of the molecule is c1ccc(-c2ccc(-n3c4cc(-n5c6ccccc6c6ccccc65)ccc4c4cccc(-n5c6ccccc6c6cc([Si](c7ccccc7)(c7ccccc7)c7ccccc7)ccc65)c43)cc2)cc1. The lowest BCUT2D eigenvalue weighted by Crippen LogP contribution is -2.74. The lowest BCUT2D eigenvalue weighted by Gasteiger charge is -2.34. The van der Waals surface area contributed by atoms with E-state index in [2.05, 4.69) is 287 Å². The van der Waals surface area contributed by atoms with E-state index in [4.69, 9.17) is 0 Å². The van der Waals surface area contributed by atoms with Crippen LogP contribution < -0.4 is 20.7 Å². The molecule has 0 bridgehead atoms. The summed E-state index contributed by atoms with van der Waals surface area (Å²) in [6, 6.07) is 101. The van der Waals surface area contributed by atoms with Crippen LogP contribution in [0.25, 0.3) is 93.6 Å². The average Bonchev–Trinajstić information content (AvgIpc) is 4.08. The molecule has 14 rings (SSSR count). The molecule has 11 aromatic carbocycles. The first-order valence-corrected chi connectivity index (χ1v) is 26.2. The molecule has 0 fully saturated rings. The normalized spacial score (nSPS) is 12.0. The van der Waals surface area contributed by atoms with Gasteiger partial charge >= 0.3 is 0 Å². The molecule has 70 heavy (non-hydrogen) atoms. The Labute approximate surface area is 407 Å². The minimum Gasteiger partial charge on any atom is -0.309 e. The Kier molecular flexibility index (Phi) is 9.23. The fourth-order valence-corrected chi connectivity index (χ4v) is 16.6. The smallest absolute Gasteiger partial charge is 0.179 e. The molecule has 0 saturated carbocycles. The molecule has 0 atom stereocenters. The number of rotatable bonds is 8. The van der Waals surface area contributed by atoms with Crippen molar-refractivity contribution >= 4 is 94.2 Å². The van der Waals surface area contributed by atoms with Crippen molar-refractivity contribution < 1.29 is 0 Å². The van der Waals surface area contributed by atoms with Gasteiger partial charge in [-0.15, -0.1) is 0 Å². The van der Waals surface area contributed by atoms with E-state index in [0.717, 1.165) is 28.1 Å². The van der Waals surface area contributed by atoms with Gasteiger partial charge in [0.2, 0.25) is 0 Å². The molecule has 0 aliphatic rings. The van der Waals surface area contributed by atoms with E-state index in [-0.39, 0.29) is 0 Å². The summed E-state index contributed by atoms with van der Waals surface area (Å²) in [5.74, 6) is 0. The van der Waals surface area contributed by atoms with Crippen LogP contribution in [0.3, 0.4) is 0 Å². The van der Waals surface area contributed by atoms with Crippen LogP contribution in [0.4, 0.5) is 0 Å². The number of nitrogens with zero attached hydrogens (tertiary/aromatic N) is 3. The molecule has 3 heterocycles. The van der Waals surface area contributed by atoms with Crippen LogP contribution in [0, 0.1) is 0 Å². The number of hydrogen-bond donors (Lipinski definition) is 0. The Hall–Kier alpha value is -8.96. The molecule has 3 nitrogen and oxygen atoms in total. The summed E-state index contributed by atoms with van der Waals surface area (Å²) in [5, 5.41) is 12.8. The fourth-order valence-electron chi connectivity index (χ4n) is 11.8. The van der Waals surface area contributed by atoms with Gasteiger partial charge in [0.15, 0.2) is 8.07 Å².